The summed E-state index contributed by atoms with van der Waals surface area (Å²) < 4.78 is 6.75. The van der Waals surface area contributed by atoms with Gasteiger partial charge in [0.15, 0.2) is 0 Å². The van der Waals surface area contributed by atoms with E-state index < -0.39 is 35.6 Å². The van der Waals surface area contributed by atoms with Crippen molar-refractivity contribution in [1.29, 1.82) is 0 Å². The van der Waals surface area contributed by atoms with E-state index in [0.29, 0.717) is 26.2 Å². The summed E-state index contributed by atoms with van der Waals surface area (Å²) in [6, 6.07) is 8.35. The van der Waals surface area contributed by atoms with E-state index in [4.69, 9.17) is 4.74 Å². The number of fused-ring (bicyclic) bond motifs is 2. The summed E-state index contributed by atoms with van der Waals surface area (Å²) in [6.45, 7) is 7.78. The average molecular weight is 550 g/mol. The SMILES string of the molecule is CCCCCN1CC=C[C@]23O[C@H]4C=CCN(Cc5ccccc5)C(=O)[C@H]4[C@H]2C(=O)N([C@@H](CO)[C@@H](C)CC)C3C1=O. The predicted octanol–water partition coefficient (Wildman–Crippen LogP) is 3.16. The molecule has 4 heterocycles. The first-order chi connectivity index (χ1) is 19.4. The molecule has 4 aliphatic heterocycles. The summed E-state index contributed by atoms with van der Waals surface area (Å²) >= 11 is 0. The molecule has 0 aliphatic carbocycles. The lowest BCUT2D eigenvalue weighted by Crippen LogP contribution is -2.59. The Balaban J connectivity index is 1.55. The topological polar surface area (TPSA) is 90.4 Å². The maximum Gasteiger partial charge on any atom is 0.249 e. The van der Waals surface area contributed by atoms with Crippen LogP contribution in [-0.4, -0.2) is 87.6 Å². The zero-order chi connectivity index (χ0) is 28.4. The summed E-state index contributed by atoms with van der Waals surface area (Å²) in [5, 5.41) is 10.5. The molecule has 0 saturated carbocycles. The number of carbonyl (C=O) groups excluding carboxylic acids is 3. The predicted molar refractivity (Wildman–Crippen MR) is 152 cm³/mol. The van der Waals surface area contributed by atoms with Crippen molar-refractivity contribution in [1.82, 2.24) is 14.7 Å². The fourth-order valence-electron chi connectivity index (χ4n) is 7.05. The number of carbonyl (C=O) groups is 3. The molecular weight excluding hydrogens is 506 g/mol. The number of likely N-dealkylation sites (tertiary alicyclic amines) is 1. The van der Waals surface area contributed by atoms with Crippen LogP contribution in [0.3, 0.4) is 0 Å². The molecule has 7 atom stereocenters. The van der Waals surface area contributed by atoms with E-state index in [1.54, 1.807) is 9.80 Å². The molecule has 1 N–H and O–H groups in total. The molecule has 5 rings (SSSR count). The zero-order valence-corrected chi connectivity index (χ0v) is 23.9. The lowest BCUT2D eigenvalue weighted by atomic mass is 9.77. The first-order valence-electron chi connectivity index (χ1n) is 14.9. The normalized spacial score (nSPS) is 31.1. The first-order valence-corrected chi connectivity index (χ1v) is 14.9. The highest BCUT2D eigenvalue weighted by molar-refractivity contribution is 6.00. The van der Waals surface area contributed by atoms with Crippen LogP contribution in [0, 0.1) is 17.8 Å². The second-order valence-corrected chi connectivity index (χ2v) is 11.7. The Morgan fingerprint density at radius 2 is 1.75 bits per heavy atom. The maximum atomic E-state index is 14.5. The standard InChI is InChI=1S/C32H43N3O5/c1-4-6-10-17-33-19-12-16-32-27(30(38)35(28(32)31(33)39)24(21-36)22(3)5-2)26-25(40-32)15-11-18-34(29(26)37)20-23-13-8-7-9-14-23/h7-9,11-16,22,24-28,36H,4-6,10,17-21H2,1-3H3/t22-,24-,25-,26+,27-,28?,32-/m0/s1. The van der Waals surface area contributed by atoms with Gasteiger partial charge in [-0.15, -0.1) is 0 Å². The van der Waals surface area contributed by atoms with Gasteiger partial charge in [0.05, 0.1) is 30.6 Å². The molecule has 0 aromatic heterocycles. The van der Waals surface area contributed by atoms with Crippen molar-refractivity contribution in [2.45, 2.75) is 76.8 Å². The number of hydrogen-bond donors (Lipinski definition) is 1. The van der Waals surface area contributed by atoms with Gasteiger partial charge in [0.2, 0.25) is 17.7 Å². The van der Waals surface area contributed by atoms with E-state index in [9.17, 15) is 19.5 Å². The molecule has 1 aromatic rings. The quantitative estimate of drug-likeness (QED) is 0.358. The monoisotopic (exact) mass is 549 g/mol. The highest BCUT2D eigenvalue weighted by Crippen LogP contribution is 2.54. The van der Waals surface area contributed by atoms with Gasteiger partial charge in [-0.25, -0.2) is 0 Å². The van der Waals surface area contributed by atoms with Gasteiger partial charge in [0.1, 0.15) is 11.6 Å². The minimum absolute atomic E-state index is 0.0338. The molecule has 1 aromatic carbocycles. The van der Waals surface area contributed by atoms with Gasteiger partial charge in [-0.05, 0) is 17.9 Å². The molecule has 8 heteroatoms. The van der Waals surface area contributed by atoms with E-state index in [1.807, 2.05) is 73.4 Å². The number of hydrogen-bond acceptors (Lipinski definition) is 5. The van der Waals surface area contributed by atoms with Crippen LogP contribution in [0.5, 0.6) is 0 Å². The number of rotatable bonds is 10. The van der Waals surface area contributed by atoms with Crippen LogP contribution in [0.15, 0.2) is 54.6 Å². The number of ether oxygens (including phenoxy) is 1. The van der Waals surface area contributed by atoms with Crippen molar-refractivity contribution >= 4 is 17.7 Å². The smallest absolute Gasteiger partial charge is 0.249 e. The minimum atomic E-state index is -1.26. The Labute approximate surface area is 237 Å². The molecule has 0 bridgehead atoms. The van der Waals surface area contributed by atoms with Crippen LogP contribution >= 0.6 is 0 Å². The molecule has 40 heavy (non-hydrogen) atoms. The van der Waals surface area contributed by atoms with E-state index in [2.05, 4.69) is 6.92 Å². The van der Waals surface area contributed by atoms with E-state index in [0.717, 1.165) is 31.2 Å². The van der Waals surface area contributed by atoms with Crippen molar-refractivity contribution in [3.8, 4) is 0 Å². The van der Waals surface area contributed by atoms with Crippen molar-refractivity contribution in [2.24, 2.45) is 17.8 Å². The molecule has 2 fully saturated rings. The van der Waals surface area contributed by atoms with Crippen LogP contribution in [-0.2, 0) is 25.7 Å². The highest BCUT2D eigenvalue weighted by atomic mass is 16.5. The fraction of sp³-hybridized carbons (Fsp3) is 0.594. The van der Waals surface area contributed by atoms with Crippen molar-refractivity contribution in [3.63, 3.8) is 0 Å². The van der Waals surface area contributed by atoms with E-state index >= 15 is 0 Å². The number of benzene rings is 1. The third-order valence-corrected chi connectivity index (χ3v) is 9.36. The fourth-order valence-corrected chi connectivity index (χ4v) is 7.05. The molecule has 0 radical (unpaired) electrons. The van der Waals surface area contributed by atoms with Crippen molar-refractivity contribution in [3.05, 3.63) is 60.2 Å². The summed E-state index contributed by atoms with van der Waals surface area (Å²) in [5.41, 5.74) is -0.252. The van der Waals surface area contributed by atoms with Gasteiger partial charge in [-0.1, -0.05) is 94.7 Å². The molecule has 1 unspecified atom stereocenters. The lowest BCUT2D eigenvalue weighted by Gasteiger charge is -2.40. The number of amides is 3. The Kier molecular flexibility index (Phi) is 8.47. The summed E-state index contributed by atoms with van der Waals surface area (Å²) in [7, 11) is 0. The summed E-state index contributed by atoms with van der Waals surface area (Å²) in [4.78, 5) is 48.2. The Morgan fingerprint density at radius 3 is 2.45 bits per heavy atom. The first kappa shape index (κ1) is 28.6. The molecular formula is C32H43N3O5. The summed E-state index contributed by atoms with van der Waals surface area (Å²) in [6.07, 6.45) is 10.7. The van der Waals surface area contributed by atoms with Crippen LogP contribution in [0.2, 0.25) is 0 Å². The Morgan fingerprint density at radius 1 is 1.00 bits per heavy atom. The van der Waals surface area contributed by atoms with Crippen LogP contribution in [0.4, 0.5) is 0 Å². The molecule has 1 spiro atoms. The van der Waals surface area contributed by atoms with Gasteiger partial charge in [0, 0.05) is 26.2 Å². The minimum Gasteiger partial charge on any atom is -0.394 e. The van der Waals surface area contributed by atoms with Gasteiger partial charge in [0.25, 0.3) is 0 Å². The molecule has 8 nitrogen and oxygen atoms in total. The Hall–Kier alpha value is -2.97. The average Bonchev–Trinajstić information content (AvgIpc) is 3.29. The number of aliphatic hydroxyl groups is 1. The third kappa shape index (κ3) is 4.79. The van der Waals surface area contributed by atoms with Crippen molar-refractivity contribution in [2.75, 3.05) is 26.2 Å². The highest BCUT2D eigenvalue weighted by Gasteiger charge is 2.72. The summed E-state index contributed by atoms with van der Waals surface area (Å²) in [5.74, 6) is -2.19. The second-order valence-electron chi connectivity index (χ2n) is 11.7. The number of unbranched alkanes of at least 4 members (excludes halogenated alkanes) is 2. The van der Waals surface area contributed by atoms with Crippen molar-refractivity contribution < 1.29 is 24.2 Å². The van der Waals surface area contributed by atoms with Gasteiger partial charge >= 0.3 is 0 Å². The van der Waals surface area contributed by atoms with Crippen LogP contribution in [0.25, 0.3) is 0 Å². The maximum absolute atomic E-state index is 14.5. The molecule has 4 aliphatic rings. The van der Waals surface area contributed by atoms with Gasteiger partial charge in [-0.3, -0.25) is 14.4 Å². The lowest BCUT2D eigenvalue weighted by molar-refractivity contribution is -0.152. The molecule has 216 valence electrons. The van der Waals surface area contributed by atoms with E-state index in [-0.39, 0.29) is 30.2 Å². The van der Waals surface area contributed by atoms with E-state index in [1.165, 1.54) is 0 Å². The zero-order valence-electron chi connectivity index (χ0n) is 23.9. The largest absolute Gasteiger partial charge is 0.394 e. The van der Waals surface area contributed by atoms with Crippen LogP contribution < -0.4 is 0 Å². The number of nitrogens with zero attached hydrogens (tertiary/aromatic N) is 3. The molecule has 3 amide bonds. The molecule has 2 saturated heterocycles. The third-order valence-electron chi connectivity index (χ3n) is 9.36. The van der Waals surface area contributed by atoms with Crippen LogP contribution in [0.1, 0.15) is 52.0 Å². The van der Waals surface area contributed by atoms with Gasteiger partial charge in [-0.2, -0.15) is 0 Å². The Bertz CT molecular complexity index is 1150. The van der Waals surface area contributed by atoms with Gasteiger partial charge < -0.3 is 24.5 Å². The second kappa shape index (κ2) is 11.9. The number of aliphatic hydroxyl groups excluding tert-OH is 1.